The third-order valence-corrected chi connectivity index (χ3v) is 4.11. The van der Waals surface area contributed by atoms with Crippen LogP contribution in [0.15, 0.2) is 35.0 Å². The predicted octanol–water partition coefficient (Wildman–Crippen LogP) is 2.34. The zero-order chi connectivity index (χ0) is 17.4. The van der Waals surface area contributed by atoms with Gasteiger partial charge in [0.25, 0.3) is 5.91 Å². The SMILES string of the molecule is Cc1cc(C(=O)N2CCc3oc(-c4cccnc4)nc3C2)nc(C)n1. The highest BCUT2D eigenvalue weighted by Gasteiger charge is 2.27. The van der Waals surface area contributed by atoms with Crippen LogP contribution in [0.25, 0.3) is 11.5 Å². The van der Waals surface area contributed by atoms with Crippen LogP contribution in [-0.4, -0.2) is 37.3 Å². The highest BCUT2D eigenvalue weighted by atomic mass is 16.4. The second-order valence-corrected chi connectivity index (χ2v) is 6.05. The van der Waals surface area contributed by atoms with E-state index < -0.39 is 0 Å². The molecule has 0 bridgehead atoms. The van der Waals surface area contributed by atoms with Crippen molar-refractivity contribution in [2.75, 3.05) is 6.54 Å². The summed E-state index contributed by atoms with van der Waals surface area (Å²) in [5, 5.41) is 0. The van der Waals surface area contributed by atoms with E-state index in [0.29, 0.717) is 36.9 Å². The Morgan fingerprint density at radius 3 is 2.88 bits per heavy atom. The molecule has 1 aliphatic heterocycles. The molecule has 0 fully saturated rings. The first kappa shape index (κ1) is 15.4. The maximum atomic E-state index is 12.8. The Bertz CT molecular complexity index is 916. The van der Waals surface area contributed by atoms with Crippen LogP contribution in [0.2, 0.25) is 0 Å². The molecule has 126 valence electrons. The van der Waals surface area contributed by atoms with Crippen molar-refractivity contribution in [1.82, 2.24) is 24.8 Å². The number of nitrogens with zero attached hydrogens (tertiary/aromatic N) is 5. The Labute approximate surface area is 144 Å². The molecule has 0 radical (unpaired) electrons. The van der Waals surface area contributed by atoms with Crippen LogP contribution < -0.4 is 0 Å². The number of hydrogen-bond donors (Lipinski definition) is 0. The van der Waals surface area contributed by atoms with Crippen molar-refractivity contribution in [2.24, 2.45) is 0 Å². The summed E-state index contributed by atoms with van der Waals surface area (Å²) in [7, 11) is 0. The van der Waals surface area contributed by atoms with Crippen LogP contribution in [0.3, 0.4) is 0 Å². The van der Waals surface area contributed by atoms with Crippen LogP contribution in [0.4, 0.5) is 0 Å². The van der Waals surface area contributed by atoms with Gasteiger partial charge in [0.05, 0.1) is 12.1 Å². The topological polar surface area (TPSA) is 85.0 Å². The van der Waals surface area contributed by atoms with Crippen LogP contribution in [0.1, 0.15) is 33.5 Å². The summed E-state index contributed by atoms with van der Waals surface area (Å²) in [4.78, 5) is 31.6. The van der Waals surface area contributed by atoms with Crippen molar-refractivity contribution >= 4 is 5.91 Å². The lowest BCUT2D eigenvalue weighted by Gasteiger charge is -2.25. The van der Waals surface area contributed by atoms with Crippen molar-refractivity contribution in [2.45, 2.75) is 26.8 Å². The smallest absolute Gasteiger partial charge is 0.272 e. The lowest BCUT2D eigenvalue weighted by molar-refractivity contribution is 0.0721. The molecule has 7 nitrogen and oxygen atoms in total. The summed E-state index contributed by atoms with van der Waals surface area (Å²) in [6.45, 7) is 4.64. The number of hydrogen-bond acceptors (Lipinski definition) is 6. The minimum absolute atomic E-state index is 0.106. The van der Waals surface area contributed by atoms with Crippen molar-refractivity contribution in [1.29, 1.82) is 0 Å². The number of aromatic nitrogens is 4. The molecule has 0 aromatic carbocycles. The molecule has 0 spiro atoms. The summed E-state index contributed by atoms with van der Waals surface area (Å²) in [6, 6.07) is 5.46. The number of carbonyl (C=O) groups is 1. The normalized spacial score (nSPS) is 13.6. The summed E-state index contributed by atoms with van der Waals surface area (Å²) in [5.41, 5.74) is 2.83. The molecular formula is C18H17N5O2. The van der Waals surface area contributed by atoms with Gasteiger partial charge in [-0.3, -0.25) is 9.78 Å². The number of carbonyl (C=O) groups excluding carboxylic acids is 1. The average molecular weight is 335 g/mol. The molecule has 0 unspecified atom stereocenters. The number of aryl methyl sites for hydroxylation is 2. The lowest BCUT2D eigenvalue weighted by Crippen LogP contribution is -2.36. The van der Waals surface area contributed by atoms with Crippen molar-refractivity contribution < 1.29 is 9.21 Å². The van der Waals surface area contributed by atoms with E-state index in [1.54, 1.807) is 30.3 Å². The first-order valence-corrected chi connectivity index (χ1v) is 8.10. The quantitative estimate of drug-likeness (QED) is 0.714. The van der Waals surface area contributed by atoms with Gasteiger partial charge < -0.3 is 9.32 Å². The molecule has 1 aliphatic rings. The summed E-state index contributed by atoms with van der Waals surface area (Å²) >= 11 is 0. The fraction of sp³-hybridized carbons (Fsp3) is 0.278. The zero-order valence-corrected chi connectivity index (χ0v) is 14.1. The minimum atomic E-state index is -0.106. The minimum Gasteiger partial charge on any atom is -0.441 e. The van der Waals surface area contributed by atoms with Gasteiger partial charge in [-0.2, -0.15) is 0 Å². The second-order valence-electron chi connectivity index (χ2n) is 6.05. The van der Waals surface area contributed by atoms with E-state index >= 15 is 0 Å². The number of amides is 1. The molecule has 3 aromatic rings. The van der Waals surface area contributed by atoms with Gasteiger partial charge >= 0.3 is 0 Å². The first-order valence-electron chi connectivity index (χ1n) is 8.10. The maximum absolute atomic E-state index is 12.8. The Morgan fingerprint density at radius 1 is 1.24 bits per heavy atom. The first-order chi connectivity index (χ1) is 12.1. The molecule has 7 heteroatoms. The maximum Gasteiger partial charge on any atom is 0.272 e. The number of oxazole rings is 1. The van der Waals surface area contributed by atoms with Crippen LogP contribution in [0, 0.1) is 13.8 Å². The second kappa shape index (κ2) is 6.08. The molecule has 0 saturated heterocycles. The molecule has 4 heterocycles. The van der Waals surface area contributed by atoms with Gasteiger partial charge in [-0.25, -0.2) is 15.0 Å². The van der Waals surface area contributed by atoms with E-state index in [2.05, 4.69) is 19.9 Å². The molecule has 0 atom stereocenters. The molecule has 3 aromatic heterocycles. The van der Waals surface area contributed by atoms with E-state index in [1.165, 1.54) is 0 Å². The summed E-state index contributed by atoms with van der Waals surface area (Å²) in [6.07, 6.45) is 4.06. The molecular weight excluding hydrogens is 318 g/mol. The van der Waals surface area contributed by atoms with Gasteiger partial charge in [-0.15, -0.1) is 0 Å². The number of rotatable bonds is 2. The third kappa shape index (κ3) is 3.00. The molecule has 0 saturated carbocycles. The Hall–Kier alpha value is -3.09. The molecule has 25 heavy (non-hydrogen) atoms. The van der Waals surface area contributed by atoms with Gasteiger partial charge in [0, 0.05) is 31.1 Å². The van der Waals surface area contributed by atoms with Gasteiger partial charge in [0.1, 0.15) is 23.0 Å². The van der Waals surface area contributed by atoms with Crippen molar-refractivity contribution in [3.63, 3.8) is 0 Å². The Morgan fingerprint density at radius 2 is 2.12 bits per heavy atom. The summed E-state index contributed by atoms with van der Waals surface area (Å²) < 4.78 is 5.85. The largest absolute Gasteiger partial charge is 0.441 e. The van der Waals surface area contributed by atoms with Gasteiger partial charge in [-0.05, 0) is 32.0 Å². The van der Waals surface area contributed by atoms with E-state index in [-0.39, 0.29) is 5.91 Å². The number of pyridine rings is 1. The standard InChI is InChI=1S/C18H17N5O2/c1-11-8-14(21-12(2)20-11)18(24)23-7-5-16-15(10-23)22-17(25-16)13-4-3-6-19-9-13/h3-4,6,8-9H,5,7,10H2,1-2H3. The predicted molar refractivity (Wildman–Crippen MR) is 89.7 cm³/mol. The van der Waals surface area contributed by atoms with Crippen molar-refractivity contribution in [3.8, 4) is 11.5 Å². The van der Waals surface area contributed by atoms with Crippen LogP contribution in [-0.2, 0) is 13.0 Å². The molecule has 0 N–H and O–H groups in total. The molecule has 4 rings (SSSR count). The van der Waals surface area contributed by atoms with E-state index in [0.717, 1.165) is 22.7 Å². The van der Waals surface area contributed by atoms with Crippen molar-refractivity contribution in [3.05, 3.63) is 59.3 Å². The zero-order valence-electron chi connectivity index (χ0n) is 14.1. The average Bonchev–Trinajstić information content (AvgIpc) is 3.04. The van der Waals surface area contributed by atoms with Gasteiger partial charge in [0.2, 0.25) is 5.89 Å². The summed E-state index contributed by atoms with van der Waals surface area (Å²) in [5.74, 6) is 1.87. The monoisotopic (exact) mass is 335 g/mol. The molecule has 0 aliphatic carbocycles. The van der Waals surface area contributed by atoms with E-state index in [1.807, 2.05) is 19.1 Å². The third-order valence-electron chi connectivity index (χ3n) is 4.11. The van der Waals surface area contributed by atoms with E-state index in [4.69, 9.17) is 4.42 Å². The highest BCUT2D eigenvalue weighted by Crippen LogP contribution is 2.26. The molecule has 1 amide bonds. The fourth-order valence-corrected chi connectivity index (χ4v) is 2.97. The van der Waals surface area contributed by atoms with Crippen LogP contribution in [0.5, 0.6) is 0 Å². The van der Waals surface area contributed by atoms with E-state index in [9.17, 15) is 4.79 Å². The fourth-order valence-electron chi connectivity index (χ4n) is 2.97. The lowest BCUT2D eigenvalue weighted by atomic mass is 10.1. The van der Waals surface area contributed by atoms with Gasteiger partial charge in [-0.1, -0.05) is 0 Å². The Kier molecular flexibility index (Phi) is 3.76. The van der Waals surface area contributed by atoms with Crippen LogP contribution >= 0.6 is 0 Å². The van der Waals surface area contributed by atoms with Gasteiger partial charge in [0.15, 0.2) is 0 Å². The highest BCUT2D eigenvalue weighted by molar-refractivity contribution is 5.92. The Balaban J connectivity index is 1.58. The number of fused-ring (bicyclic) bond motifs is 1.